The van der Waals surface area contributed by atoms with Crippen molar-refractivity contribution in [1.82, 2.24) is 8.87 Å². The van der Waals surface area contributed by atoms with Gasteiger partial charge < -0.3 is 14.0 Å². The molecule has 1 aliphatic rings. The van der Waals surface area contributed by atoms with Gasteiger partial charge in [-0.15, -0.1) is 0 Å². The molecule has 168 valence electrons. The van der Waals surface area contributed by atoms with Crippen molar-refractivity contribution in [1.29, 1.82) is 0 Å². The Morgan fingerprint density at radius 2 is 1.81 bits per heavy atom. The van der Waals surface area contributed by atoms with E-state index in [1.165, 1.54) is 28.6 Å². The van der Waals surface area contributed by atoms with Gasteiger partial charge in [0.15, 0.2) is 6.61 Å². The van der Waals surface area contributed by atoms with Crippen LogP contribution in [0.3, 0.4) is 0 Å². The number of carbonyl (C=O) groups excluding carboxylic acids is 2. The molecule has 1 saturated heterocycles. The van der Waals surface area contributed by atoms with E-state index < -0.39 is 22.6 Å². The summed E-state index contributed by atoms with van der Waals surface area (Å²) >= 11 is 0. The number of aryl methyl sites for hydroxylation is 1. The van der Waals surface area contributed by atoms with Crippen molar-refractivity contribution in [3.63, 3.8) is 0 Å². The third-order valence-corrected chi connectivity index (χ3v) is 7.39. The molecule has 0 aliphatic carbocycles. The maximum atomic E-state index is 12.7. The van der Waals surface area contributed by atoms with Crippen molar-refractivity contribution in [2.45, 2.75) is 38.1 Å². The highest BCUT2D eigenvalue weighted by Gasteiger charge is 2.28. The Balaban J connectivity index is 1.68. The Morgan fingerprint density at radius 1 is 1.10 bits per heavy atom. The fourth-order valence-corrected chi connectivity index (χ4v) is 5.33. The number of ketones is 1. The van der Waals surface area contributed by atoms with E-state index in [1.54, 1.807) is 13.2 Å². The summed E-state index contributed by atoms with van der Waals surface area (Å²) in [6.45, 7) is 5.43. The third kappa shape index (κ3) is 5.06. The van der Waals surface area contributed by atoms with Crippen LogP contribution in [0.25, 0.3) is 0 Å². The number of nitrogens with zero attached hydrogens (tertiary/aromatic N) is 2. The number of ether oxygens (including phenoxy) is 2. The van der Waals surface area contributed by atoms with Crippen LogP contribution in [0.15, 0.2) is 35.2 Å². The van der Waals surface area contributed by atoms with Gasteiger partial charge in [-0.05, 0) is 51.0 Å². The van der Waals surface area contributed by atoms with Crippen molar-refractivity contribution < 1.29 is 27.5 Å². The Morgan fingerprint density at radius 3 is 2.48 bits per heavy atom. The summed E-state index contributed by atoms with van der Waals surface area (Å²) in [7, 11) is -2.02. The third-order valence-electron chi connectivity index (χ3n) is 5.50. The molecule has 0 radical (unpaired) electrons. The molecule has 0 atom stereocenters. The topological polar surface area (TPSA) is 94.9 Å². The van der Waals surface area contributed by atoms with Crippen LogP contribution in [0, 0.1) is 13.8 Å². The normalized spacial score (nSPS) is 14.7. The Bertz CT molecular complexity index is 1070. The van der Waals surface area contributed by atoms with Crippen molar-refractivity contribution in [2.75, 3.05) is 33.4 Å². The molecule has 9 heteroatoms. The predicted molar refractivity (Wildman–Crippen MR) is 115 cm³/mol. The fourth-order valence-electron chi connectivity index (χ4n) is 3.76. The van der Waals surface area contributed by atoms with Gasteiger partial charge in [-0.2, -0.15) is 4.31 Å². The molecule has 0 unspecified atom stereocenters. The zero-order valence-corrected chi connectivity index (χ0v) is 18.9. The van der Waals surface area contributed by atoms with Gasteiger partial charge in [-0.3, -0.25) is 4.79 Å². The number of methoxy groups -OCH3 is 1. The molecule has 31 heavy (non-hydrogen) atoms. The first kappa shape index (κ1) is 23.2. The monoisotopic (exact) mass is 448 g/mol. The number of carbonyl (C=O) groups is 2. The molecule has 8 nitrogen and oxygen atoms in total. The summed E-state index contributed by atoms with van der Waals surface area (Å²) in [6.07, 6.45) is 1.66. The van der Waals surface area contributed by atoms with Crippen LogP contribution in [0.4, 0.5) is 0 Å². The number of esters is 1. The standard InChI is InChI=1S/C22H28N2O6S/c1-16-13-20(17(2)24(16)11-12-29-3)21(25)15-30-22(26)18-7-6-8-19(14-18)31(27,28)23-9-4-5-10-23/h6-8,13-14H,4-5,9-12,15H2,1-3H3. The highest BCUT2D eigenvalue weighted by Crippen LogP contribution is 2.22. The average Bonchev–Trinajstić information content (AvgIpc) is 3.40. The summed E-state index contributed by atoms with van der Waals surface area (Å²) in [6, 6.07) is 7.52. The lowest BCUT2D eigenvalue weighted by atomic mass is 10.1. The van der Waals surface area contributed by atoms with E-state index in [4.69, 9.17) is 9.47 Å². The van der Waals surface area contributed by atoms with Gasteiger partial charge in [0.1, 0.15) is 0 Å². The van der Waals surface area contributed by atoms with E-state index in [-0.39, 0.29) is 16.2 Å². The van der Waals surface area contributed by atoms with E-state index in [2.05, 4.69) is 0 Å². The molecular formula is C22H28N2O6S. The Kier molecular flexibility index (Phi) is 7.30. The molecule has 0 spiro atoms. The molecule has 1 aliphatic heterocycles. The first-order valence-electron chi connectivity index (χ1n) is 10.2. The van der Waals surface area contributed by atoms with Crippen LogP contribution in [-0.2, 0) is 26.0 Å². The van der Waals surface area contributed by atoms with E-state index in [0.717, 1.165) is 24.2 Å². The molecule has 2 heterocycles. The molecule has 1 aromatic heterocycles. The lowest BCUT2D eigenvalue weighted by Gasteiger charge is -2.15. The second kappa shape index (κ2) is 9.76. The number of hydrogen-bond acceptors (Lipinski definition) is 6. The minimum atomic E-state index is -3.64. The molecule has 0 N–H and O–H groups in total. The highest BCUT2D eigenvalue weighted by atomic mass is 32.2. The summed E-state index contributed by atoms with van der Waals surface area (Å²) in [5.74, 6) is -1.05. The highest BCUT2D eigenvalue weighted by molar-refractivity contribution is 7.89. The van der Waals surface area contributed by atoms with Crippen LogP contribution in [0.2, 0.25) is 0 Å². The molecule has 2 aromatic rings. The number of rotatable bonds is 9. The maximum absolute atomic E-state index is 12.7. The fraction of sp³-hybridized carbons (Fsp3) is 0.455. The minimum Gasteiger partial charge on any atom is -0.454 e. The number of benzene rings is 1. The van der Waals surface area contributed by atoms with Crippen molar-refractivity contribution >= 4 is 21.8 Å². The van der Waals surface area contributed by atoms with Gasteiger partial charge in [0, 0.05) is 43.7 Å². The van der Waals surface area contributed by atoms with Gasteiger partial charge in [0.2, 0.25) is 15.8 Å². The van der Waals surface area contributed by atoms with E-state index in [0.29, 0.717) is 31.8 Å². The van der Waals surface area contributed by atoms with Gasteiger partial charge >= 0.3 is 5.97 Å². The predicted octanol–water partition coefficient (Wildman–Crippen LogP) is 2.58. The SMILES string of the molecule is COCCn1c(C)cc(C(=O)COC(=O)c2cccc(S(=O)(=O)N3CCCC3)c2)c1C. The summed E-state index contributed by atoms with van der Waals surface area (Å²) in [4.78, 5) is 25.1. The van der Waals surface area contributed by atoms with Crippen LogP contribution >= 0.6 is 0 Å². The molecule has 3 rings (SSSR count). The zero-order valence-electron chi connectivity index (χ0n) is 18.1. The average molecular weight is 449 g/mol. The molecule has 0 bridgehead atoms. The van der Waals surface area contributed by atoms with Crippen molar-refractivity contribution in [3.05, 3.63) is 52.8 Å². The van der Waals surface area contributed by atoms with Crippen LogP contribution in [-0.4, -0.2) is 62.5 Å². The van der Waals surface area contributed by atoms with E-state index in [1.807, 2.05) is 18.4 Å². The van der Waals surface area contributed by atoms with E-state index in [9.17, 15) is 18.0 Å². The molecule has 1 aromatic carbocycles. The Hall–Kier alpha value is -2.49. The summed E-state index contributed by atoms with van der Waals surface area (Å²) < 4.78 is 39.1. The van der Waals surface area contributed by atoms with E-state index >= 15 is 0 Å². The summed E-state index contributed by atoms with van der Waals surface area (Å²) in [5, 5.41) is 0. The second-order valence-electron chi connectivity index (χ2n) is 7.57. The minimum absolute atomic E-state index is 0.0527. The largest absolute Gasteiger partial charge is 0.454 e. The lowest BCUT2D eigenvalue weighted by Crippen LogP contribution is -2.28. The van der Waals surface area contributed by atoms with Crippen LogP contribution in [0.5, 0.6) is 0 Å². The molecule has 1 fully saturated rings. The van der Waals surface area contributed by atoms with Crippen LogP contribution < -0.4 is 0 Å². The maximum Gasteiger partial charge on any atom is 0.338 e. The zero-order chi connectivity index (χ0) is 22.6. The number of aromatic nitrogens is 1. The smallest absolute Gasteiger partial charge is 0.338 e. The van der Waals surface area contributed by atoms with Crippen molar-refractivity contribution in [2.24, 2.45) is 0 Å². The molecular weight excluding hydrogens is 420 g/mol. The van der Waals surface area contributed by atoms with Crippen LogP contribution in [0.1, 0.15) is 44.9 Å². The summed E-state index contributed by atoms with van der Waals surface area (Å²) in [5.41, 5.74) is 2.30. The van der Waals surface area contributed by atoms with Crippen molar-refractivity contribution in [3.8, 4) is 0 Å². The second-order valence-corrected chi connectivity index (χ2v) is 9.51. The molecule has 0 amide bonds. The van der Waals surface area contributed by atoms with Gasteiger partial charge in [-0.25, -0.2) is 13.2 Å². The number of Topliss-reactive ketones (excluding diaryl/α,β-unsaturated/α-hetero) is 1. The molecule has 0 saturated carbocycles. The number of hydrogen-bond donors (Lipinski definition) is 0. The first-order chi connectivity index (χ1) is 14.8. The quantitative estimate of drug-likeness (QED) is 0.432. The number of sulfonamides is 1. The Labute approximate surface area is 182 Å². The van der Waals surface area contributed by atoms with Gasteiger partial charge in [0.25, 0.3) is 0 Å². The van der Waals surface area contributed by atoms with Gasteiger partial charge in [0.05, 0.1) is 17.1 Å². The first-order valence-corrected chi connectivity index (χ1v) is 11.7. The lowest BCUT2D eigenvalue weighted by molar-refractivity contribution is 0.0474. The van der Waals surface area contributed by atoms with Gasteiger partial charge in [-0.1, -0.05) is 6.07 Å².